The van der Waals surface area contributed by atoms with Gasteiger partial charge in [0.1, 0.15) is 0 Å². The van der Waals surface area contributed by atoms with E-state index in [0.29, 0.717) is 18.7 Å². The topological polar surface area (TPSA) is 92.5 Å². The van der Waals surface area contributed by atoms with E-state index in [1.807, 2.05) is 37.3 Å². The molecular weight excluding hydrogens is 362 g/mol. The van der Waals surface area contributed by atoms with Crippen LogP contribution >= 0.6 is 0 Å². The van der Waals surface area contributed by atoms with Crippen LogP contribution in [0.4, 0.5) is 0 Å². The Morgan fingerprint density at radius 3 is 2.48 bits per heavy atom. The van der Waals surface area contributed by atoms with Crippen molar-refractivity contribution in [3.05, 3.63) is 65.2 Å². The molecule has 27 heavy (non-hydrogen) atoms. The Labute approximate surface area is 160 Å². The van der Waals surface area contributed by atoms with Crippen LogP contribution in [-0.4, -0.2) is 38.4 Å². The van der Waals surface area contributed by atoms with E-state index < -0.39 is 10.0 Å². The van der Waals surface area contributed by atoms with Gasteiger partial charge in [-0.15, -0.1) is 0 Å². The van der Waals surface area contributed by atoms with Crippen molar-refractivity contribution in [1.82, 2.24) is 9.62 Å². The number of nitrogens with zero attached hydrogens (tertiary/aromatic N) is 1. The fraction of sp³-hybridized carbons (Fsp3) is 0.350. The highest BCUT2D eigenvalue weighted by atomic mass is 32.2. The zero-order valence-electron chi connectivity index (χ0n) is 15.4. The Morgan fingerprint density at radius 2 is 1.81 bits per heavy atom. The number of rotatable bonds is 5. The van der Waals surface area contributed by atoms with Crippen LogP contribution in [0.5, 0.6) is 0 Å². The molecule has 1 aliphatic heterocycles. The van der Waals surface area contributed by atoms with Crippen LogP contribution in [0.15, 0.2) is 53.4 Å². The second-order valence-corrected chi connectivity index (χ2v) is 8.68. The van der Waals surface area contributed by atoms with Gasteiger partial charge in [-0.25, -0.2) is 13.1 Å². The number of carbonyl (C=O) groups excluding carboxylic acids is 1. The number of carbonyl (C=O) groups is 1. The van der Waals surface area contributed by atoms with Crippen LogP contribution in [0.25, 0.3) is 0 Å². The molecule has 0 atom stereocenters. The number of nitrogens with two attached hydrogens (primary N) is 1. The van der Waals surface area contributed by atoms with Crippen LogP contribution < -0.4 is 10.5 Å². The summed E-state index contributed by atoms with van der Waals surface area (Å²) in [4.78, 5) is 14.7. The van der Waals surface area contributed by atoms with E-state index in [2.05, 4.69) is 4.72 Å². The molecule has 7 heteroatoms. The van der Waals surface area contributed by atoms with Crippen LogP contribution in [-0.2, 0) is 16.6 Å². The smallest absolute Gasteiger partial charge is 0.254 e. The molecule has 2 aromatic carbocycles. The average molecular weight is 388 g/mol. The van der Waals surface area contributed by atoms with Crippen molar-refractivity contribution in [3.63, 3.8) is 0 Å². The quantitative estimate of drug-likeness (QED) is 0.821. The SMILES string of the molecule is Cc1ccc(S(=O)(=O)NCc2ccccc2)cc1C(=O)N1CCC(N)CC1. The Hall–Kier alpha value is -2.22. The van der Waals surface area contributed by atoms with E-state index >= 15 is 0 Å². The molecule has 0 spiro atoms. The minimum Gasteiger partial charge on any atom is -0.339 e. The summed E-state index contributed by atoms with van der Waals surface area (Å²) in [5.74, 6) is -0.139. The largest absolute Gasteiger partial charge is 0.339 e. The molecule has 0 aliphatic carbocycles. The maximum atomic E-state index is 12.9. The highest BCUT2D eigenvalue weighted by Gasteiger charge is 2.24. The molecule has 1 saturated heterocycles. The summed E-state index contributed by atoms with van der Waals surface area (Å²) in [6.07, 6.45) is 1.53. The average Bonchev–Trinajstić information content (AvgIpc) is 2.67. The van der Waals surface area contributed by atoms with Gasteiger partial charge in [-0.05, 0) is 43.0 Å². The summed E-state index contributed by atoms with van der Waals surface area (Å²) in [5.41, 5.74) is 7.96. The second kappa shape index (κ2) is 8.21. The number of amides is 1. The maximum absolute atomic E-state index is 12.9. The Morgan fingerprint density at radius 1 is 1.15 bits per heavy atom. The summed E-state index contributed by atoms with van der Waals surface area (Å²) in [6, 6.07) is 14.1. The summed E-state index contributed by atoms with van der Waals surface area (Å²) in [7, 11) is -3.71. The Bertz CT molecular complexity index is 905. The third-order valence-electron chi connectivity index (χ3n) is 4.89. The summed E-state index contributed by atoms with van der Waals surface area (Å²) in [5, 5.41) is 0. The van der Waals surface area contributed by atoms with Crippen LogP contribution in [0.3, 0.4) is 0 Å². The van der Waals surface area contributed by atoms with E-state index in [-0.39, 0.29) is 23.4 Å². The number of hydrogen-bond acceptors (Lipinski definition) is 4. The number of benzene rings is 2. The molecule has 3 N–H and O–H groups in total. The van der Waals surface area contributed by atoms with Crippen molar-refractivity contribution < 1.29 is 13.2 Å². The lowest BCUT2D eigenvalue weighted by atomic mass is 10.0. The number of nitrogens with one attached hydrogen (secondary N) is 1. The molecule has 2 aromatic rings. The lowest BCUT2D eigenvalue weighted by molar-refractivity contribution is 0.0713. The normalized spacial score (nSPS) is 15.7. The van der Waals surface area contributed by atoms with Gasteiger partial charge >= 0.3 is 0 Å². The molecule has 144 valence electrons. The number of piperidine rings is 1. The van der Waals surface area contributed by atoms with Gasteiger partial charge in [0.2, 0.25) is 10.0 Å². The highest BCUT2D eigenvalue weighted by molar-refractivity contribution is 7.89. The number of aryl methyl sites for hydroxylation is 1. The monoisotopic (exact) mass is 387 g/mol. The van der Waals surface area contributed by atoms with Gasteiger partial charge in [-0.2, -0.15) is 0 Å². The van der Waals surface area contributed by atoms with E-state index in [4.69, 9.17) is 5.73 Å². The molecule has 6 nitrogen and oxygen atoms in total. The van der Waals surface area contributed by atoms with Crippen molar-refractivity contribution in [2.45, 2.75) is 37.2 Å². The minimum atomic E-state index is -3.71. The van der Waals surface area contributed by atoms with Gasteiger partial charge in [0.05, 0.1) is 4.90 Å². The van der Waals surface area contributed by atoms with Crippen molar-refractivity contribution >= 4 is 15.9 Å². The first kappa shape index (κ1) is 19.5. The molecule has 1 aliphatic rings. The number of hydrogen-bond donors (Lipinski definition) is 2. The molecule has 0 unspecified atom stereocenters. The van der Waals surface area contributed by atoms with Gasteiger partial charge < -0.3 is 10.6 Å². The minimum absolute atomic E-state index is 0.0982. The zero-order valence-corrected chi connectivity index (χ0v) is 16.2. The van der Waals surface area contributed by atoms with E-state index in [0.717, 1.165) is 24.0 Å². The lowest BCUT2D eigenvalue weighted by Gasteiger charge is -2.30. The Kier molecular flexibility index (Phi) is 5.94. The number of likely N-dealkylation sites (tertiary alicyclic amines) is 1. The molecule has 1 amide bonds. The first-order valence-electron chi connectivity index (χ1n) is 9.06. The predicted molar refractivity (Wildman–Crippen MR) is 105 cm³/mol. The van der Waals surface area contributed by atoms with Gasteiger partial charge in [-0.1, -0.05) is 36.4 Å². The highest BCUT2D eigenvalue weighted by Crippen LogP contribution is 2.20. The van der Waals surface area contributed by atoms with Crippen LogP contribution in [0.2, 0.25) is 0 Å². The molecule has 0 aromatic heterocycles. The van der Waals surface area contributed by atoms with E-state index in [9.17, 15) is 13.2 Å². The molecule has 1 fully saturated rings. The molecule has 0 radical (unpaired) electrons. The molecule has 0 bridgehead atoms. The summed E-state index contributed by atoms with van der Waals surface area (Å²) < 4.78 is 27.9. The zero-order chi connectivity index (χ0) is 19.4. The Balaban J connectivity index is 1.78. The van der Waals surface area contributed by atoms with Gasteiger partial charge in [0.15, 0.2) is 0 Å². The third-order valence-corrected chi connectivity index (χ3v) is 6.28. The van der Waals surface area contributed by atoms with Gasteiger partial charge in [-0.3, -0.25) is 4.79 Å². The third kappa shape index (κ3) is 4.74. The predicted octanol–water partition coefficient (Wildman–Crippen LogP) is 2.04. The van der Waals surface area contributed by atoms with E-state index in [1.165, 1.54) is 12.1 Å². The maximum Gasteiger partial charge on any atom is 0.254 e. The molecule has 0 saturated carbocycles. The first-order valence-corrected chi connectivity index (χ1v) is 10.5. The second-order valence-electron chi connectivity index (χ2n) is 6.92. The summed E-state index contributed by atoms with van der Waals surface area (Å²) in [6.45, 7) is 3.21. The summed E-state index contributed by atoms with van der Waals surface area (Å²) >= 11 is 0. The standard InChI is InChI=1S/C20H25N3O3S/c1-15-7-8-18(27(25,26)22-14-16-5-3-2-4-6-16)13-19(15)20(24)23-11-9-17(21)10-12-23/h2-8,13,17,22H,9-12,14,21H2,1H3. The fourth-order valence-electron chi connectivity index (χ4n) is 3.13. The fourth-order valence-corrected chi connectivity index (χ4v) is 4.17. The van der Waals surface area contributed by atoms with Gasteiger partial charge in [0.25, 0.3) is 5.91 Å². The number of sulfonamides is 1. The van der Waals surface area contributed by atoms with Crippen LogP contribution in [0.1, 0.15) is 34.3 Å². The van der Waals surface area contributed by atoms with Gasteiger partial charge in [0, 0.05) is 31.2 Å². The van der Waals surface area contributed by atoms with Crippen LogP contribution in [0, 0.1) is 6.92 Å². The van der Waals surface area contributed by atoms with Crippen molar-refractivity contribution in [2.24, 2.45) is 5.73 Å². The van der Waals surface area contributed by atoms with Crippen molar-refractivity contribution in [1.29, 1.82) is 0 Å². The lowest BCUT2D eigenvalue weighted by Crippen LogP contribution is -2.43. The molecular formula is C20H25N3O3S. The van der Waals surface area contributed by atoms with Crippen molar-refractivity contribution in [2.75, 3.05) is 13.1 Å². The first-order chi connectivity index (χ1) is 12.9. The van der Waals surface area contributed by atoms with E-state index in [1.54, 1.807) is 11.0 Å². The molecule has 3 rings (SSSR count). The molecule has 1 heterocycles. The van der Waals surface area contributed by atoms with Crippen molar-refractivity contribution in [3.8, 4) is 0 Å².